The smallest absolute Gasteiger partial charge is 0.0527 e. The molecule has 5 heteroatoms. The third kappa shape index (κ3) is 41000. The van der Waals surface area contributed by atoms with Crippen LogP contribution < -0.4 is 0 Å². The predicted molar refractivity (Wildman–Crippen MR) is 19.3 cm³/mol. The van der Waals surface area contributed by atoms with Crippen molar-refractivity contribution >= 4 is 9.12 Å². The Labute approximate surface area is 29.1 Å². The third-order valence-corrected chi connectivity index (χ3v) is 0. The lowest BCUT2D eigenvalue weighted by Crippen LogP contribution is -0.489. The molecule has 0 radical (unpaired) electrons. The first-order valence-electron chi connectivity index (χ1n) is 0.289. The van der Waals surface area contributed by atoms with Gasteiger partial charge in [0.15, 0.2) is 0 Å². The molecule has 0 fully saturated rings. The topological polar surface area (TPSA) is 17.1 Å². The SMILES string of the molecule is F.F.F.O=[PH3]. The van der Waals surface area contributed by atoms with E-state index in [0.717, 1.165) is 0 Å². The second-order valence-electron chi connectivity index (χ2n) is 0. The summed E-state index contributed by atoms with van der Waals surface area (Å²) in [5.74, 6) is 0. The summed E-state index contributed by atoms with van der Waals surface area (Å²) in [6.07, 6.45) is 0. The molecule has 0 aromatic rings. The molecular weight excluding hydrogens is 104 g/mol. The van der Waals surface area contributed by atoms with Crippen molar-refractivity contribution in [3.05, 3.63) is 0 Å². The van der Waals surface area contributed by atoms with Crippen LogP contribution in [0.3, 0.4) is 0 Å². The first-order valence-corrected chi connectivity index (χ1v) is 0.866. The van der Waals surface area contributed by atoms with E-state index in [2.05, 4.69) is 0 Å². The molecule has 0 amide bonds. The van der Waals surface area contributed by atoms with Crippen molar-refractivity contribution in [2.24, 2.45) is 0 Å². The van der Waals surface area contributed by atoms with Gasteiger partial charge in [-0.15, -0.1) is 0 Å². The van der Waals surface area contributed by atoms with Gasteiger partial charge < -0.3 is 4.57 Å². The van der Waals surface area contributed by atoms with Gasteiger partial charge in [-0.05, 0) is 0 Å². The fourth-order valence-corrected chi connectivity index (χ4v) is 0. The Morgan fingerprint density at radius 2 is 0.800 bits per heavy atom. The van der Waals surface area contributed by atoms with E-state index < -0.39 is 0 Å². The molecule has 1 nitrogen and oxygen atoms in total. The van der Waals surface area contributed by atoms with E-state index in [-0.39, 0.29) is 14.1 Å². The fraction of sp³-hybridized carbons (Fsp3) is 0. The average Bonchev–Trinajstić information content (AvgIpc) is 1.00. The van der Waals surface area contributed by atoms with E-state index in [1.807, 2.05) is 0 Å². The number of hydrogen-bond acceptors (Lipinski definition) is 1. The summed E-state index contributed by atoms with van der Waals surface area (Å²) in [4.78, 5) is 0. The summed E-state index contributed by atoms with van der Waals surface area (Å²) in [6, 6.07) is 0. The van der Waals surface area contributed by atoms with Gasteiger partial charge in [-0.1, -0.05) is 0 Å². The minimum atomic E-state index is 0. The van der Waals surface area contributed by atoms with Crippen molar-refractivity contribution < 1.29 is 18.7 Å². The van der Waals surface area contributed by atoms with Crippen molar-refractivity contribution in [2.75, 3.05) is 0 Å². The van der Waals surface area contributed by atoms with Crippen molar-refractivity contribution in [2.45, 2.75) is 0 Å². The van der Waals surface area contributed by atoms with Gasteiger partial charge in [0.25, 0.3) is 0 Å². The molecule has 38 valence electrons. The van der Waals surface area contributed by atoms with E-state index in [9.17, 15) is 0 Å². The van der Waals surface area contributed by atoms with Crippen LogP contribution in [0, 0.1) is 0 Å². The van der Waals surface area contributed by atoms with Gasteiger partial charge in [0.2, 0.25) is 0 Å². The Morgan fingerprint density at radius 3 is 0.800 bits per heavy atom. The zero-order valence-corrected chi connectivity index (χ0v) is 3.75. The molecule has 1 atom stereocenters. The monoisotopic (exact) mass is 110 g/mol. The molecule has 1 unspecified atom stereocenters. The van der Waals surface area contributed by atoms with Crippen LogP contribution in [0.4, 0.5) is 14.1 Å². The first-order chi connectivity index (χ1) is 1.00. The minimum Gasteiger partial charge on any atom is -0.333 e. The lowest BCUT2D eigenvalue weighted by molar-refractivity contribution is 0.607. The number of rotatable bonds is 0. The van der Waals surface area contributed by atoms with Crippen molar-refractivity contribution in [3.63, 3.8) is 0 Å². The van der Waals surface area contributed by atoms with Gasteiger partial charge in [-0.3, -0.25) is 14.1 Å². The summed E-state index contributed by atoms with van der Waals surface area (Å²) in [6.45, 7) is 0. The van der Waals surface area contributed by atoms with E-state index in [1.54, 1.807) is 0 Å². The molecule has 0 aromatic heterocycles. The minimum absolute atomic E-state index is 0. The van der Waals surface area contributed by atoms with Crippen molar-refractivity contribution in [1.82, 2.24) is 0 Å². The fourth-order valence-electron chi connectivity index (χ4n) is 0. The highest BCUT2D eigenvalue weighted by atomic mass is 31.0. The number of halogens is 3. The van der Waals surface area contributed by atoms with Crippen LogP contribution in [0.2, 0.25) is 0 Å². The average molecular weight is 110 g/mol. The third-order valence-electron chi connectivity index (χ3n) is 0. The molecule has 0 aromatic carbocycles. The quantitative estimate of drug-likeness (QED) is 0.412. The van der Waals surface area contributed by atoms with E-state index in [1.165, 1.54) is 0 Å². The zero-order valence-electron chi connectivity index (χ0n) is 2.34. The van der Waals surface area contributed by atoms with Crippen LogP contribution in [-0.2, 0) is 4.57 Å². The second-order valence-corrected chi connectivity index (χ2v) is 0. The molecule has 0 aliphatic rings. The summed E-state index contributed by atoms with van der Waals surface area (Å²) < 4.78 is 8.28. The van der Waals surface area contributed by atoms with Gasteiger partial charge in [-0.25, -0.2) is 0 Å². The predicted octanol–water partition coefficient (Wildman–Crippen LogP) is 0.397. The molecule has 0 heterocycles. The lowest BCUT2D eigenvalue weighted by Gasteiger charge is -0.873. The largest absolute Gasteiger partial charge is 0.333 e. The summed E-state index contributed by atoms with van der Waals surface area (Å²) >= 11 is 0. The molecule has 0 aliphatic heterocycles. The summed E-state index contributed by atoms with van der Waals surface area (Å²) in [5.41, 5.74) is 0. The highest BCUT2D eigenvalue weighted by Gasteiger charge is 0.593. The molecule has 0 saturated carbocycles. The van der Waals surface area contributed by atoms with Gasteiger partial charge in [-0.2, -0.15) is 0 Å². The number of hydrogen-bond donors (Lipinski definition) is 0. The Kier molecular flexibility index (Phi) is 1430000. The van der Waals surface area contributed by atoms with Gasteiger partial charge in [0.1, 0.15) is 0 Å². The molecular formula is H6F3OP. The molecule has 5 heavy (non-hydrogen) atoms. The Balaban J connectivity index is -0.00000000167. The first kappa shape index (κ1) is 78.0. The summed E-state index contributed by atoms with van der Waals surface area (Å²) in [5, 5.41) is 0. The highest BCUT2D eigenvalue weighted by molar-refractivity contribution is 7.00. The van der Waals surface area contributed by atoms with Crippen molar-refractivity contribution in [1.29, 1.82) is 0 Å². The zero-order chi connectivity index (χ0) is 2.00. The van der Waals surface area contributed by atoms with Crippen LogP contribution in [0.15, 0.2) is 0 Å². The van der Waals surface area contributed by atoms with Crippen LogP contribution in [0.5, 0.6) is 0 Å². The van der Waals surface area contributed by atoms with Gasteiger partial charge in [0.05, 0.1) is 9.12 Å². The Hall–Kier alpha value is 0.0200. The maximum atomic E-state index is 8.28. The standard InChI is InChI=1S/3FH.H3OP/c;;;1-2/h3*1H;2H3. The van der Waals surface area contributed by atoms with Gasteiger partial charge >= 0.3 is 0 Å². The van der Waals surface area contributed by atoms with E-state index in [0.29, 0.717) is 9.12 Å². The van der Waals surface area contributed by atoms with Crippen LogP contribution >= 0.6 is 9.12 Å². The Morgan fingerprint density at radius 1 is 0.800 bits per heavy atom. The molecule has 0 spiro atoms. The van der Waals surface area contributed by atoms with Crippen molar-refractivity contribution in [3.8, 4) is 0 Å². The van der Waals surface area contributed by atoms with Gasteiger partial charge in [0, 0.05) is 0 Å². The van der Waals surface area contributed by atoms with Crippen LogP contribution in [-0.4, -0.2) is 0 Å². The lowest BCUT2D eigenvalue weighted by atomic mass is 16.0. The summed E-state index contributed by atoms with van der Waals surface area (Å²) in [7, 11) is 0.611. The maximum Gasteiger partial charge on any atom is 0.0527 e. The van der Waals surface area contributed by atoms with E-state index >= 15 is 0 Å². The molecule has 0 rings (SSSR count). The molecule has 0 aliphatic carbocycles. The molecule has 0 saturated heterocycles. The van der Waals surface area contributed by atoms with Crippen LogP contribution in [0.1, 0.15) is 0 Å². The molecule has 0 bridgehead atoms. The van der Waals surface area contributed by atoms with Crippen LogP contribution in [0.25, 0.3) is 0 Å². The Bertz CT molecular complexity index is 6.85. The maximum absolute atomic E-state index is 8.28. The molecule has 0 N–H and O–H groups in total. The van der Waals surface area contributed by atoms with E-state index in [4.69, 9.17) is 4.57 Å². The second kappa shape index (κ2) is 91700. The normalized spacial score (nSPS) is 1.60. The highest BCUT2D eigenvalue weighted by Crippen LogP contribution is 1.23.